The Morgan fingerprint density at radius 1 is 0.809 bits per heavy atom. The molecule has 232 valence electrons. The third kappa shape index (κ3) is 5.84. The van der Waals surface area contributed by atoms with Crippen molar-refractivity contribution < 1.29 is 4.79 Å². The second kappa shape index (κ2) is 13.1. The van der Waals surface area contributed by atoms with Gasteiger partial charge < -0.3 is 4.57 Å². The summed E-state index contributed by atoms with van der Waals surface area (Å²) in [5, 5.41) is 14.6. The smallest absolute Gasteiger partial charge is 0.319 e. The summed E-state index contributed by atoms with van der Waals surface area (Å²) >= 11 is 0. The fourth-order valence-electron chi connectivity index (χ4n) is 5.84. The number of pyridine rings is 1. The summed E-state index contributed by atoms with van der Waals surface area (Å²) in [6.45, 7) is 2.56. The minimum Gasteiger partial charge on any atom is -0.319 e. The maximum atomic E-state index is 14.3. The van der Waals surface area contributed by atoms with Crippen LogP contribution in [0.4, 0.5) is 16.2 Å². The average molecular weight is 621 g/mol. The molecule has 0 atom stereocenters. The van der Waals surface area contributed by atoms with E-state index in [1.807, 2.05) is 89.5 Å². The van der Waals surface area contributed by atoms with Crippen LogP contribution in [0, 0.1) is 0 Å². The number of fused-ring (bicyclic) bond motifs is 1. The van der Waals surface area contributed by atoms with Crippen LogP contribution in [0.2, 0.25) is 0 Å². The van der Waals surface area contributed by atoms with E-state index in [-0.39, 0.29) is 0 Å². The van der Waals surface area contributed by atoms with Crippen molar-refractivity contribution >= 4 is 28.4 Å². The lowest BCUT2D eigenvalue weighted by Gasteiger charge is -2.23. The Bertz CT molecular complexity index is 2150. The Kier molecular flexibility index (Phi) is 8.21. The van der Waals surface area contributed by atoms with Crippen LogP contribution in [0.25, 0.3) is 33.5 Å². The molecule has 0 unspecified atom stereocenters. The van der Waals surface area contributed by atoms with E-state index in [1.54, 1.807) is 11.0 Å². The van der Waals surface area contributed by atoms with Gasteiger partial charge in [-0.3, -0.25) is 9.69 Å². The lowest BCUT2D eigenvalue weighted by Crippen LogP contribution is -2.37. The van der Waals surface area contributed by atoms with Crippen LogP contribution in [0.3, 0.4) is 0 Å². The number of aryl methyl sites for hydroxylation is 1. The zero-order valence-electron chi connectivity index (χ0n) is 25.8. The van der Waals surface area contributed by atoms with Crippen molar-refractivity contribution in [2.24, 2.45) is 0 Å². The summed E-state index contributed by atoms with van der Waals surface area (Å²) in [6, 6.07) is 36.1. The highest BCUT2D eigenvalue weighted by Gasteiger charge is 2.24. The molecule has 10 nitrogen and oxygen atoms in total. The van der Waals surface area contributed by atoms with Crippen LogP contribution in [0.1, 0.15) is 31.2 Å². The molecule has 0 aliphatic rings. The van der Waals surface area contributed by atoms with Gasteiger partial charge in [0.05, 0.1) is 16.9 Å². The monoisotopic (exact) mass is 620 g/mol. The molecule has 0 bridgehead atoms. The van der Waals surface area contributed by atoms with E-state index in [1.165, 1.54) is 10.8 Å². The molecule has 1 N–H and O–H groups in total. The van der Waals surface area contributed by atoms with Gasteiger partial charge in [0.2, 0.25) is 5.82 Å². The molecule has 0 aliphatic heterocycles. The molecule has 47 heavy (non-hydrogen) atoms. The summed E-state index contributed by atoms with van der Waals surface area (Å²) in [5.41, 5.74) is 5.75. The fourth-order valence-corrected chi connectivity index (χ4v) is 5.84. The first-order valence-corrected chi connectivity index (χ1v) is 15.6. The summed E-state index contributed by atoms with van der Waals surface area (Å²) in [5.74, 6) is 1.35. The van der Waals surface area contributed by atoms with E-state index >= 15 is 0 Å². The van der Waals surface area contributed by atoms with Gasteiger partial charge in [-0.05, 0) is 58.7 Å². The Morgan fingerprint density at radius 2 is 1.47 bits per heavy atom. The quantitative estimate of drug-likeness (QED) is 0.182. The van der Waals surface area contributed by atoms with Crippen molar-refractivity contribution in [2.45, 2.75) is 32.7 Å². The Hall–Kier alpha value is -6.16. The number of nitrogens with zero attached hydrogens (tertiary/aromatic N) is 7. The number of H-pyrrole nitrogens is 1. The van der Waals surface area contributed by atoms with Crippen molar-refractivity contribution in [3.05, 3.63) is 143 Å². The number of carbonyl (C=O) groups excluding carboxylic acids is 1. The highest BCUT2D eigenvalue weighted by molar-refractivity contribution is 6.01. The number of rotatable bonds is 9. The van der Waals surface area contributed by atoms with Gasteiger partial charge >= 0.3 is 6.03 Å². The number of hydrogen-bond donors (Lipinski definition) is 1. The number of tetrazole rings is 1. The van der Waals surface area contributed by atoms with E-state index < -0.39 is 11.6 Å². The molecule has 3 aromatic heterocycles. The number of nitrogens with one attached hydrogen (secondary N) is 1. The minimum atomic E-state index is -0.471. The summed E-state index contributed by atoms with van der Waals surface area (Å²) < 4.78 is 3.15. The van der Waals surface area contributed by atoms with Gasteiger partial charge in [-0.1, -0.05) is 98.3 Å². The number of amides is 1. The number of para-hydroxylation sites is 2. The van der Waals surface area contributed by atoms with Gasteiger partial charge in [0.15, 0.2) is 0 Å². The number of aromatic amines is 1. The third-order valence-electron chi connectivity index (χ3n) is 8.18. The lowest BCUT2D eigenvalue weighted by molar-refractivity contribution is 0.249. The predicted molar refractivity (Wildman–Crippen MR) is 183 cm³/mol. The van der Waals surface area contributed by atoms with E-state index in [4.69, 9.17) is 4.98 Å². The van der Waals surface area contributed by atoms with Crippen LogP contribution in [0.5, 0.6) is 0 Å². The van der Waals surface area contributed by atoms with Crippen molar-refractivity contribution in [1.29, 1.82) is 0 Å². The summed E-state index contributed by atoms with van der Waals surface area (Å²) in [6.07, 6.45) is 4.17. The van der Waals surface area contributed by atoms with Crippen LogP contribution in [0.15, 0.2) is 126 Å². The maximum Gasteiger partial charge on any atom is 0.340 e. The molecule has 10 heteroatoms. The lowest BCUT2D eigenvalue weighted by atomic mass is 9.98. The first kappa shape index (κ1) is 29.5. The van der Waals surface area contributed by atoms with Crippen LogP contribution in [-0.4, -0.2) is 40.8 Å². The van der Waals surface area contributed by atoms with Gasteiger partial charge in [0.25, 0.3) is 5.56 Å². The normalized spacial score (nSPS) is 11.2. The first-order valence-electron chi connectivity index (χ1n) is 15.6. The minimum absolute atomic E-state index is 0.402. The second-order valence-electron chi connectivity index (χ2n) is 11.2. The van der Waals surface area contributed by atoms with Crippen LogP contribution in [-0.2, 0) is 13.0 Å². The van der Waals surface area contributed by atoms with E-state index in [2.05, 4.69) is 51.8 Å². The van der Waals surface area contributed by atoms with Gasteiger partial charge in [0, 0.05) is 24.7 Å². The van der Waals surface area contributed by atoms with Crippen LogP contribution < -0.4 is 10.5 Å². The molecule has 4 aromatic carbocycles. The summed E-state index contributed by atoms with van der Waals surface area (Å²) in [4.78, 5) is 34.9. The molecule has 0 saturated carbocycles. The Morgan fingerprint density at radius 3 is 2.11 bits per heavy atom. The summed E-state index contributed by atoms with van der Waals surface area (Å²) in [7, 11) is 0. The molecule has 0 radical (unpaired) electrons. The highest BCUT2D eigenvalue weighted by atomic mass is 16.2. The predicted octanol–water partition coefficient (Wildman–Crippen LogP) is 7.24. The largest absolute Gasteiger partial charge is 0.340 e. The topological polar surface area (TPSA) is 115 Å². The maximum absolute atomic E-state index is 14.3. The molecule has 0 aliphatic carbocycles. The molecular formula is C37H32N8O2. The van der Waals surface area contributed by atoms with Gasteiger partial charge in [-0.2, -0.15) is 5.21 Å². The molecular weight excluding hydrogens is 588 g/mol. The molecule has 0 spiro atoms. The van der Waals surface area contributed by atoms with E-state index in [0.29, 0.717) is 34.8 Å². The van der Waals surface area contributed by atoms with Gasteiger partial charge in [-0.25, -0.2) is 14.3 Å². The zero-order chi connectivity index (χ0) is 32.2. The number of unbranched alkanes of at least 4 members (excludes halogenated alkanes) is 1. The fraction of sp³-hybridized carbons (Fsp3) is 0.135. The molecule has 0 fully saturated rings. The number of anilines is 2. The standard InChI is InChI=1S/C37H32N8O2/c1-2-3-18-33-38-32-23-24-43(37(47)45(28-12-6-4-7-13-28)29-14-8-5-9-15-29)36(46)34(32)44(33)25-26-19-21-27(22-20-26)30-16-10-11-17-31(30)35-39-41-42-40-35/h4-17,19-24H,2-3,18,25H2,1H3,(H,39,40,41,42). The van der Waals surface area contributed by atoms with E-state index in [9.17, 15) is 9.59 Å². The molecule has 7 rings (SSSR count). The molecule has 0 saturated heterocycles. The first-order chi connectivity index (χ1) is 23.1. The number of benzene rings is 4. The third-order valence-corrected chi connectivity index (χ3v) is 8.18. The van der Waals surface area contributed by atoms with Crippen molar-refractivity contribution in [3.63, 3.8) is 0 Å². The van der Waals surface area contributed by atoms with Crippen molar-refractivity contribution in [3.8, 4) is 22.5 Å². The number of hydrogen-bond acceptors (Lipinski definition) is 6. The van der Waals surface area contributed by atoms with E-state index in [0.717, 1.165) is 47.3 Å². The zero-order valence-corrected chi connectivity index (χ0v) is 25.8. The Balaban J connectivity index is 1.28. The second-order valence-corrected chi connectivity index (χ2v) is 11.2. The Labute approximate surface area is 271 Å². The van der Waals surface area contributed by atoms with Gasteiger partial charge in [0.1, 0.15) is 11.3 Å². The molecule has 3 heterocycles. The molecule has 7 aromatic rings. The van der Waals surface area contributed by atoms with Crippen LogP contribution >= 0.6 is 0 Å². The highest BCUT2D eigenvalue weighted by Crippen LogP contribution is 2.30. The van der Waals surface area contributed by atoms with Gasteiger partial charge in [-0.15, -0.1) is 10.2 Å². The average Bonchev–Trinajstić information content (AvgIpc) is 3.78. The SMILES string of the molecule is CCCCc1nc2ccn(C(=O)N(c3ccccc3)c3ccccc3)c(=O)c2n1Cc1ccc(-c2ccccc2-c2nn[nH]n2)cc1. The molecule has 1 amide bonds. The number of carbonyl (C=O) groups is 1. The van der Waals surface area contributed by atoms with Crippen molar-refractivity contribution in [1.82, 2.24) is 34.7 Å². The van der Waals surface area contributed by atoms with Crippen molar-refractivity contribution in [2.75, 3.05) is 4.90 Å². The number of aromatic nitrogens is 7. The number of imidazole rings is 1.